The molecule has 0 bridgehead atoms. The van der Waals surface area contributed by atoms with Gasteiger partial charge in [-0.2, -0.15) is 13.2 Å². The van der Waals surface area contributed by atoms with Gasteiger partial charge < -0.3 is 24.6 Å². The summed E-state index contributed by atoms with van der Waals surface area (Å²) in [4.78, 5) is 16.4. The minimum Gasteiger partial charge on any atom is -0.627 e. The van der Waals surface area contributed by atoms with E-state index in [1.54, 1.807) is 24.5 Å². The van der Waals surface area contributed by atoms with Gasteiger partial charge in [0.2, 0.25) is 5.91 Å². The third kappa shape index (κ3) is 6.87. The summed E-state index contributed by atoms with van der Waals surface area (Å²) in [5.74, 6) is 1.14. The molecular weight excluding hydrogens is 607 g/mol. The van der Waals surface area contributed by atoms with E-state index in [1.807, 2.05) is 48.8 Å². The lowest BCUT2D eigenvalue weighted by Gasteiger charge is -2.46. The van der Waals surface area contributed by atoms with E-state index in [0.717, 1.165) is 43.6 Å². The number of nitrogens with zero attached hydrogens (tertiary/aromatic N) is 6. The van der Waals surface area contributed by atoms with Crippen LogP contribution in [0.15, 0.2) is 54.9 Å². The maximum absolute atomic E-state index is 14.5. The molecule has 1 unspecified atom stereocenters. The van der Waals surface area contributed by atoms with Crippen LogP contribution in [0, 0.1) is 11.1 Å². The maximum Gasteiger partial charge on any atom is 0.416 e. The van der Waals surface area contributed by atoms with Crippen LogP contribution in [0.2, 0.25) is 0 Å². The Balaban J connectivity index is 1.22. The van der Waals surface area contributed by atoms with Gasteiger partial charge in [0, 0.05) is 56.0 Å². The number of carbonyl (C=O) groups is 1. The van der Waals surface area contributed by atoms with Crippen molar-refractivity contribution in [3.8, 4) is 0 Å². The van der Waals surface area contributed by atoms with Crippen LogP contribution in [-0.2, 0) is 43.1 Å². The van der Waals surface area contributed by atoms with E-state index in [0.29, 0.717) is 42.4 Å². The Morgan fingerprint density at radius 1 is 1.21 bits per heavy atom. The average molecular weight is 652 g/mol. The third-order valence-corrected chi connectivity index (χ3v) is 9.95. The first-order valence-electron chi connectivity index (χ1n) is 16.4. The van der Waals surface area contributed by atoms with Crippen molar-refractivity contribution in [2.75, 3.05) is 33.7 Å². The minimum atomic E-state index is -4.59. The lowest BCUT2D eigenvalue weighted by atomic mass is 9.58. The molecule has 252 valence electrons. The van der Waals surface area contributed by atoms with Gasteiger partial charge in [0.05, 0.1) is 11.0 Å². The normalized spacial score (nSPS) is 26.5. The van der Waals surface area contributed by atoms with E-state index in [4.69, 9.17) is 0 Å². The molecule has 3 aliphatic rings. The molecule has 0 radical (unpaired) electrons. The van der Waals surface area contributed by atoms with E-state index in [9.17, 15) is 23.2 Å². The van der Waals surface area contributed by atoms with Crippen LogP contribution in [-0.4, -0.2) is 70.2 Å². The van der Waals surface area contributed by atoms with E-state index < -0.39 is 16.4 Å². The van der Waals surface area contributed by atoms with E-state index in [-0.39, 0.29) is 36.0 Å². The fraction of sp³-hybridized carbons (Fsp3) is 0.514. The summed E-state index contributed by atoms with van der Waals surface area (Å²) in [6.45, 7) is 4.07. The van der Waals surface area contributed by atoms with Gasteiger partial charge in [-0.3, -0.25) is 9.69 Å². The van der Waals surface area contributed by atoms with Gasteiger partial charge >= 0.3 is 6.18 Å². The Labute approximate surface area is 274 Å². The largest absolute Gasteiger partial charge is 0.627 e. The number of benzene rings is 2. The number of aryl methyl sites for hydroxylation is 1. The Morgan fingerprint density at radius 3 is 2.68 bits per heavy atom. The smallest absolute Gasteiger partial charge is 0.416 e. The summed E-state index contributed by atoms with van der Waals surface area (Å²) in [5, 5.41) is 26.0. The minimum absolute atomic E-state index is 0.0684. The Hall–Kier alpha value is -3.58. The van der Waals surface area contributed by atoms with Gasteiger partial charge in [-0.1, -0.05) is 25.1 Å². The number of rotatable bonds is 9. The predicted octanol–water partition coefficient (Wildman–Crippen LogP) is 5.27. The molecular formula is C35H44F3N7O2. The second kappa shape index (κ2) is 12.8. The number of nitrogens with one attached hydrogen (secondary N) is 1. The average Bonchev–Trinajstić information content (AvgIpc) is 3.57. The number of hydrogen-bond acceptors (Lipinski definition) is 6. The van der Waals surface area contributed by atoms with Crippen LogP contribution in [0.3, 0.4) is 0 Å². The van der Waals surface area contributed by atoms with Crippen LogP contribution >= 0.6 is 0 Å². The summed E-state index contributed by atoms with van der Waals surface area (Å²) in [5.41, 5.74) is 1.34. The lowest BCUT2D eigenvalue weighted by Crippen LogP contribution is -2.47. The molecule has 1 aliphatic carbocycles. The van der Waals surface area contributed by atoms with Crippen molar-refractivity contribution in [3.63, 3.8) is 0 Å². The van der Waals surface area contributed by atoms with E-state index >= 15 is 0 Å². The molecule has 2 fully saturated rings. The highest BCUT2D eigenvalue weighted by Gasteiger charge is 2.49. The van der Waals surface area contributed by atoms with Crippen molar-refractivity contribution in [3.05, 3.63) is 93.7 Å². The molecule has 3 heterocycles. The second-order valence-corrected chi connectivity index (χ2v) is 14.1. The molecule has 9 nitrogen and oxygen atoms in total. The number of halogens is 3. The summed E-state index contributed by atoms with van der Waals surface area (Å²) in [6, 6.07) is 10.4. The van der Waals surface area contributed by atoms with Crippen molar-refractivity contribution < 1.29 is 18.0 Å². The number of alkyl halides is 3. The highest BCUT2D eigenvalue weighted by Crippen LogP contribution is 2.52. The van der Waals surface area contributed by atoms with Gasteiger partial charge in [-0.25, -0.2) is 0 Å². The van der Waals surface area contributed by atoms with Crippen LogP contribution in [0.5, 0.6) is 0 Å². The molecule has 1 saturated heterocycles. The van der Waals surface area contributed by atoms with E-state index in [2.05, 4.69) is 27.3 Å². The first-order valence-corrected chi connectivity index (χ1v) is 16.4. The molecule has 1 aromatic heterocycles. The molecule has 1 N–H and O–H groups in total. The monoisotopic (exact) mass is 651 g/mol. The number of piperidine rings is 1. The van der Waals surface area contributed by atoms with E-state index in [1.165, 1.54) is 12.1 Å². The molecule has 1 saturated carbocycles. The molecule has 0 spiro atoms. The van der Waals surface area contributed by atoms with Crippen molar-refractivity contribution in [2.45, 2.75) is 69.9 Å². The number of likely N-dealkylation sites (N-methyl/N-ethyl adjacent to an activating group) is 1. The topological polar surface area (TPSA) is 89.3 Å². The number of hydrogen-bond donors (Lipinski definition) is 1. The lowest BCUT2D eigenvalue weighted by molar-refractivity contribution is -0.138. The molecule has 3 aromatic rings. The summed E-state index contributed by atoms with van der Waals surface area (Å²) < 4.78 is 44.6. The SMILES string of the molecule is CC1CC(c2cccc([N+]3([O-])Cc4cc(CN5CCC[C@H](NC(=O)/C=C/CN(C)C)C5)cc(C(F)(F)F)c4C3)c2)(c2nncn2C)C1. The molecule has 47 heavy (non-hydrogen) atoms. The van der Waals surface area contributed by atoms with Crippen molar-refractivity contribution in [1.29, 1.82) is 0 Å². The number of likely N-dealkylation sites (tertiary alicyclic amines) is 1. The highest BCUT2D eigenvalue weighted by atomic mass is 19.4. The van der Waals surface area contributed by atoms with Crippen LogP contribution in [0.1, 0.15) is 66.2 Å². The number of amides is 1. The summed E-state index contributed by atoms with van der Waals surface area (Å²) >= 11 is 0. The first-order chi connectivity index (χ1) is 22.3. The van der Waals surface area contributed by atoms with Crippen molar-refractivity contribution in [2.24, 2.45) is 13.0 Å². The fourth-order valence-electron chi connectivity index (χ4n) is 7.88. The van der Waals surface area contributed by atoms with Crippen molar-refractivity contribution in [1.82, 2.24) is 34.5 Å². The number of carbonyl (C=O) groups excluding carboxylic acids is 1. The zero-order valence-electron chi connectivity index (χ0n) is 27.6. The molecule has 2 aromatic carbocycles. The molecule has 2 aliphatic heterocycles. The van der Waals surface area contributed by atoms with Crippen LogP contribution < -0.4 is 9.96 Å². The molecule has 1 amide bonds. The van der Waals surface area contributed by atoms with Crippen molar-refractivity contribution >= 4 is 11.6 Å². The quantitative estimate of drug-likeness (QED) is 0.193. The number of fused-ring (bicyclic) bond motifs is 1. The Bertz CT molecular complexity index is 1650. The highest BCUT2D eigenvalue weighted by molar-refractivity contribution is 5.87. The van der Waals surface area contributed by atoms with Crippen LogP contribution in [0.4, 0.5) is 18.9 Å². The predicted molar refractivity (Wildman–Crippen MR) is 175 cm³/mol. The zero-order chi connectivity index (χ0) is 33.6. The Morgan fingerprint density at radius 2 is 2.00 bits per heavy atom. The summed E-state index contributed by atoms with van der Waals surface area (Å²) in [7, 11) is 5.75. The fourth-order valence-corrected chi connectivity index (χ4v) is 7.88. The zero-order valence-corrected chi connectivity index (χ0v) is 27.6. The van der Waals surface area contributed by atoms with Gasteiger partial charge in [-0.15, -0.1) is 10.2 Å². The summed E-state index contributed by atoms with van der Waals surface area (Å²) in [6.07, 6.45) is 3.77. The number of aromatic nitrogens is 3. The molecule has 6 rings (SSSR count). The van der Waals surface area contributed by atoms with Gasteiger partial charge in [0.15, 0.2) is 0 Å². The first kappa shape index (κ1) is 33.3. The standard InChI is InChI=1S/C35H44F3N7O2/c1-24-17-34(18-24,33-41-39-23-43(33)4)27-8-5-10-29(16-27)45(47)21-26-14-25(15-31(30(26)22-45)35(36,37)38)19-44-13-6-9-28(20-44)40-32(46)11-7-12-42(2)3/h5,7-8,10-11,14-16,23-24,28H,6,9,12-13,17-22H2,1-4H3,(H,40,46)/b11-7+/t24?,28-,34?,45?/m0/s1. The van der Waals surface area contributed by atoms with Gasteiger partial charge in [0.1, 0.15) is 30.9 Å². The van der Waals surface area contributed by atoms with Crippen LogP contribution in [0.25, 0.3) is 0 Å². The Kier molecular flexibility index (Phi) is 9.07. The number of quaternary nitrogens is 1. The van der Waals surface area contributed by atoms with Gasteiger partial charge in [-0.05, 0) is 81.6 Å². The number of hydroxylamine groups is 2. The molecule has 12 heteroatoms. The maximum atomic E-state index is 14.5. The third-order valence-electron chi connectivity index (χ3n) is 9.95. The van der Waals surface area contributed by atoms with Gasteiger partial charge in [0.25, 0.3) is 0 Å². The second-order valence-electron chi connectivity index (χ2n) is 14.1. The molecule has 2 atom stereocenters.